The molecule has 0 aliphatic heterocycles. The summed E-state index contributed by atoms with van der Waals surface area (Å²) in [6, 6.07) is 0. The van der Waals surface area contributed by atoms with Crippen molar-refractivity contribution in [2.75, 3.05) is 6.54 Å². The topological polar surface area (TPSA) is 50.4 Å². The molecule has 1 amide bonds. The third-order valence-electron chi connectivity index (χ3n) is 1.50. The third kappa shape index (κ3) is 10.9. The zero-order chi connectivity index (χ0) is 11.7. The molecular formula is C11H22N2O2. The molecule has 0 fully saturated rings. The number of nitrogens with one attached hydrogen (secondary N) is 2. The number of hydrogen-bond acceptors (Lipinski definition) is 3. The van der Waals surface area contributed by atoms with Crippen molar-refractivity contribution in [3.63, 3.8) is 0 Å². The van der Waals surface area contributed by atoms with E-state index in [-0.39, 0.29) is 0 Å². The number of rotatable bonds is 5. The Morgan fingerprint density at radius 2 is 2.07 bits per heavy atom. The Morgan fingerprint density at radius 1 is 1.40 bits per heavy atom. The van der Waals surface area contributed by atoms with Gasteiger partial charge in [-0.1, -0.05) is 12.2 Å². The van der Waals surface area contributed by atoms with Crippen LogP contribution in [-0.2, 0) is 4.74 Å². The molecule has 15 heavy (non-hydrogen) atoms. The average Bonchev–Trinajstić information content (AvgIpc) is 2.08. The average molecular weight is 214 g/mol. The molecule has 0 heterocycles. The zero-order valence-corrected chi connectivity index (χ0v) is 10.1. The number of hydrogen-bond donors (Lipinski definition) is 2. The number of ether oxygens (including phenoxy) is 1. The maximum absolute atomic E-state index is 11.1. The molecule has 0 atom stereocenters. The summed E-state index contributed by atoms with van der Waals surface area (Å²) in [5, 5.41) is 0. The molecule has 4 nitrogen and oxygen atoms in total. The molecular weight excluding hydrogens is 192 g/mol. The lowest BCUT2D eigenvalue weighted by molar-refractivity contribution is 0.0498. The largest absolute Gasteiger partial charge is 0.443 e. The lowest BCUT2D eigenvalue weighted by Gasteiger charge is -2.19. The summed E-state index contributed by atoms with van der Waals surface area (Å²) in [5.41, 5.74) is 4.84. The van der Waals surface area contributed by atoms with E-state index >= 15 is 0 Å². The predicted octanol–water partition coefficient (Wildman–Crippen LogP) is 2.37. The molecule has 0 saturated heterocycles. The maximum Gasteiger partial charge on any atom is 0.422 e. The van der Waals surface area contributed by atoms with E-state index in [0.717, 1.165) is 19.4 Å². The molecule has 0 bridgehead atoms. The van der Waals surface area contributed by atoms with E-state index in [2.05, 4.69) is 16.9 Å². The molecule has 0 radical (unpaired) electrons. The van der Waals surface area contributed by atoms with Gasteiger partial charge in [-0.15, -0.1) is 0 Å². The van der Waals surface area contributed by atoms with Crippen LogP contribution in [0.4, 0.5) is 4.79 Å². The van der Waals surface area contributed by atoms with Crippen molar-refractivity contribution in [1.82, 2.24) is 10.9 Å². The van der Waals surface area contributed by atoms with Crippen molar-refractivity contribution < 1.29 is 9.53 Å². The second-order valence-electron chi connectivity index (χ2n) is 4.26. The minimum Gasteiger partial charge on any atom is -0.443 e. The summed E-state index contributed by atoms with van der Waals surface area (Å²) >= 11 is 0. The van der Waals surface area contributed by atoms with Crippen molar-refractivity contribution in [1.29, 1.82) is 0 Å². The van der Waals surface area contributed by atoms with Gasteiger partial charge in [-0.2, -0.15) is 0 Å². The molecule has 0 aromatic rings. The van der Waals surface area contributed by atoms with Crippen molar-refractivity contribution >= 4 is 6.09 Å². The number of hydrazine groups is 1. The molecule has 0 unspecified atom stereocenters. The highest BCUT2D eigenvalue weighted by Gasteiger charge is 2.15. The first-order chi connectivity index (χ1) is 6.95. The van der Waals surface area contributed by atoms with Crippen LogP contribution in [0.15, 0.2) is 12.2 Å². The van der Waals surface area contributed by atoms with E-state index in [9.17, 15) is 4.79 Å². The van der Waals surface area contributed by atoms with Crippen LogP contribution in [0.2, 0.25) is 0 Å². The molecule has 88 valence electrons. The minimum absolute atomic E-state index is 0.437. The highest BCUT2D eigenvalue weighted by molar-refractivity contribution is 5.66. The fraction of sp³-hybridized carbons (Fsp3) is 0.727. The number of carbonyl (C=O) groups excluding carboxylic acids is 1. The first-order valence-electron chi connectivity index (χ1n) is 5.28. The highest BCUT2D eigenvalue weighted by atomic mass is 16.6. The van der Waals surface area contributed by atoms with Crippen LogP contribution in [0, 0.1) is 0 Å². The maximum atomic E-state index is 11.1. The second kappa shape index (κ2) is 7.29. The van der Waals surface area contributed by atoms with Crippen molar-refractivity contribution in [3.05, 3.63) is 12.2 Å². The van der Waals surface area contributed by atoms with Gasteiger partial charge in [-0.25, -0.2) is 10.2 Å². The molecule has 0 aliphatic carbocycles. The monoisotopic (exact) mass is 214 g/mol. The Bertz CT molecular complexity index is 207. The SMILES string of the molecule is C/C=C\CCCNNC(=O)OC(C)(C)C. The van der Waals surface area contributed by atoms with Gasteiger partial charge in [0.25, 0.3) is 0 Å². The smallest absolute Gasteiger partial charge is 0.422 e. The van der Waals surface area contributed by atoms with E-state index < -0.39 is 11.7 Å². The van der Waals surface area contributed by atoms with Gasteiger partial charge in [0.1, 0.15) is 5.60 Å². The highest BCUT2D eigenvalue weighted by Crippen LogP contribution is 2.05. The molecule has 0 aromatic heterocycles. The summed E-state index contributed by atoms with van der Waals surface area (Å²) in [7, 11) is 0. The van der Waals surface area contributed by atoms with Crippen molar-refractivity contribution in [2.45, 2.75) is 46.1 Å². The van der Waals surface area contributed by atoms with Gasteiger partial charge in [0.15, 0.2) is 0 Å². The molecule has 4 heteroatoms. The molecule has 0 aromatic carbocycles. The lowest BCUT2D eigenvalue weighted by atomic mass is 10.2. The van der Waals surface area contributed by atoms with E-state index in [1.807, 2.05) is 33.8 Å². The lowest BCUT2D eigenvalue weighted by Crippen LogP contribution is -2.41. The van der Waals surface area contributed by atoms with Crippen LogP contribution in [-0.4, -0.2) is 18.2 Å². The van der Waals surface area contributed by atoms with E-state index in [0.29, 0.717) is 0 Å². The Morgan fingerprint density at radius 3 is 2.60 bits per heavy atom. The summed E-state index contributed by atoms with van der Waals surface area (Å²) < 4.78 is 5.04. The summed E-state index contributed by atoms with van der Waals surface area (Å²) in [4.78, 5) is 11.1. The molecule has 2 N–H and O–H groups in total. The van der Waals surface area contributed by atoms with Crippen LogP contribution in [0.5, 0.6) is 0 Å². The van der Waals surface area contributed by atoms with Gasteiger partial charge >= 0.3 is 6.09 Å². The van der Waals surface area contributed by atoms with Gasteiger partial charge in [-0.05, 0) is 40.5 Å². The molecule has 0 spiro atoms. The Hall–Kier alpha value is -1.03. The van der Waals surface area contributed by atoms with Crippen LogP contribution >= 0.6 is 0 Å². The van der Waals surface area contributed by atoms with Gasteiger partial charge < -0.3 is 4.74 Å². The Labute approximate surface area is 92.0 Å². The molecule has 0 rings (SSSR count). The predicted molar refractivity (Wildman–Crippen MR) is 61.4 cm³/mol. The van der Waals surface area contributed by atoms with Gasteiger partial charge in [0.05, 0.1) is 0 Å². The summed E-state index contributed by atoms with van der Waals surface area (Å²) in [6.07, 6.45) is 5.67. The Kier molecular flexibility index (Phi) is 6.79. The fourth-order valence-electron chi connectivity index (χ4n) is 0.913. The van der Waals surface area contributed by atoms with Crippen LogP contribution in [0.1, 0.15) is 40.5 Å². The number of amides is 1. The quantitative estimate of drug-likeness (QED) is 0.419. The van der Waals surface area contributed by atoms with Gasteiger partial charge in [0.2, 0.25) is 0 Å². The van der Waals surface area contributed by atoms with Gasteiger partial charge in [-0.3, -0.25) is 5.43 Å². The fourth-order valence-corrected chi connectivity index (χ4v) is 0.913. The number of carbonyl (C=O) groups is 1. The van der Waals surface area contributed by atoms with E-state index in [4.69, 9.17) is 4.74 Å². The van der Waals surface area contributed by atoms with Crippen LogP contribution in [0.25, 0.3) is 0 Å². The minimum atomic E-state index is -0.448. The van der Waals surface area contributed by atoms with Crippen molar-refractivity contribution in [3.8, 4) is 0 Å². The zero-order valence-electron chi connectivity index (χ0n) is 10.1. The number of allylic oxidation sites excluding steroid dienone is 2. The van der Waals surface area contributed by atoms with Crippen molar-refractivity contribution in [2.24, 2.45) is 0 Å². The normalized spacial score (nSPS) is 11.7. The van der Waals surface area contributed by atoms with E-state index in [1.165, 1.54) is 0 Å². The third-order valence-corrected chi connectivity index (χ3v) is 1.50. The first-order valence-corrected chi connectivity index (χ1v) is 5.28. The van der Waals surface area contributed by atoms with Crippen LogP contribution in [0.3, 0.4) is 0 Å². The standard InChI is InChI=1S/C11H22N2O2/c1-5-6-7-8-9-12-13-10(14)15-11(2,3)4/h5-6,12H,7-9H2,1-4H3,(H,13,14)/b6-5-. The molecule has 0 saturated carbocycles. The first kappa shape index (κ1) is 14.0. The van der Waals surface area contributed by atoms with Crippen LogP contribution < -0.4 is 10.9 Å². The summed E-state index contributed by atoms with van der Waals surface area (Å²) in [5.74, 6) is 0. The second-order valence-corrected chi connectivity index (χ2v) is 4.26. The number of unbranched alkanes of at least 4 members (excludes halogenated alkanes) is 1. The van der Waals surface area contributed by atoms with Gasteiger partial charge in [0, 0.05) is 6.54 Å². The molecule has 0 aliphatic rings. The Balaban J connectivity index is 3.40. The summed E-state index contributed by atoms with van der Waals surface area (Å²) in [6.45, 7) is 8.23. The van der Waals surface area contributed by atoms with E-state index in [1.54, 1.807) is 0 Å².